The lowest BCUT2D eigenvalue weighted by Gasteiger charge is -2.19. The van der Waals surface area contributed by atoms with Gasteiger partial charge in [0.05, 0.1) is 29.2 Å². The van der Waals surface area contributed by atoms with Gasteiger partial charge in [0.1, 0.15) is 0 Å². The largest absolute Gasteiger partial charge is 0.469 e. The molecule has 1 rings (SSSR count). The predicted octanol–water partition coefficient (Wildman–Crippen LogP) is 2.25. The molecule has 0 aromatic heterocycles. The molecule has 1 aromatic carbocycles. The summed E-state index contributed by atoms with van der Waals surface area (Å²) in [5.41, 5.74) is 0.566. The van der Waals surface area contributed by atoms with Crippen molar-refractivity contribution >= 4 is 28.9 Å². The molecule has 0 aliphatic carbocycles. The van der Waals surface area contributed by atoms with E-state index in [-0.39, 0.29) is 23.1 Å². The van der Waals surface area contributed by atoms with Crippen LogP contribution < -0.4 is 4.90 Å². The molecule has 1 aromatic rings. The van der Waals surface area contributed by atoms with E-state index >= 15 is 0 Å². The highest BCUT2D eigenvalue weighted by Gasteiger charge is 2.13. The molecular formula is C11H13ClN2O4. The number of nitro benzene ring substituents is 1. The maximum Gasteiger partial charge on any atom is 0.307 e. The molecule has 0 saturated carbocycles. The van der Waals surface area contributed by atoms with Crippen molar-refractivity contribution in [3.05, 3.63) is 33.3 Å². The van der Waals surface area contributed by atoms with Crippen molar-refractivity contribution in [3.8, 4) is 0 Å². The Kier molecular flexibility index (Phi) is 4.91. The van der Waals surface area contributed by atoms with Crippen LogP contribution in [0.3, 0.4) is 0 Å². The van der Waals surface area contributed by atoms with Gasteiger partial charge in [-0.25, -0.2) is 0 Å². The second kappa shape index (κ2) is 6.20. The average Bonchev–Trinajstić information content (AvgIpc) is 2.35. The van der Waals surface area contributed by atoms with Crippen molar-refractivity contribution in [3.63, 3.8) is 0 Å². The molecule has 0 aliphatic rings. The summed E-state index contributed by atoms with van der Waals surface area (Å²) < 4.78 is 4.53. The van der Waals surface area contributed by atoms with Crippen LogP contribution in [0.25, 0.3) is 0 Å². The van der Waals surface area contributed by atoms with Crippen LogP contribution in [0.1, 0.15) is 6.42 Å². The Balaban J connectivity index is 2.77. The van der Waals surface area contributed by atoms with Crippen LogP contribution in [0, 0.1) is 10.1 Å². The molecule has 0 N–H and O–H groups in total. The van der Waals surface area contributed by atoms with Gasteiger partial charge in [-0.15, -0.1) is 0 Å². The van der Waals surface area contributed by atoms with E-state index in [0.29, 0.717) is 12.2 Å². The molecule has 0 amide bonds. The fourth-order valence-electron chi connectivity index (χ4n) is 1.40. The number of anilines is 1. The lowest BCUT2D eigenvalue weighted by atomic mass is 10.2. The number of hydrogen-bond acceptors (Lipinski definition) is 5. The standard InChI is InChI=1S/C11H13ClN2O4/c1-13(6-5-11(15)18-2)10-4-3-8(14(16)17)7-9(10)12/h3-4,7H,5-6H2,1-2H3. The Bertz CT molecular complexity index is 464. The van der Waals surface area contributed by atoms with Crippen LogP contribution in [-0.2, 0) is 9.53 Å². The Morgan fingerprint density at radius 1 is 1.56 bits per heavy atom. The highest BCUT2D eigenvalue weighted by molar-refractivity contribution is 6.33. The van der Waals surface area contributed by atoms with Crippen LogP contribution in [0.5, 0.6) is 0 Å². The first-order valence-electron chi connectivity index (χ1n) is 5.17. The summed E-state index contributed by atoms with van der Waals surface area (Å²) in [6, 6.07) is 4.21. The van der Waals surface area contributed by atoms with Crippen LogP contribution in [-0.4, -0.2) is 31.6 Å². The van der Waals surface area contributed by atoms with E-state index < -0.39 is 4.92 Å². The number of nitro groups is 1. The first kappa shape index (κ1) is 14.2. The van der Waals surface area contributed by atoms with Crippen LogP contribution in [0.15, 0.2) is 18.2 Å². The van der Waals surface area contributed by atoms with Gasteiger partial charge >= 0.3 is 5.97 Å². The molecule has 0 unspecified atom stereocenters. The van der Waals surface area contributed by atoms with Gasteiger partial charge in [0.15, 0.2) is 0 Å². The van der Waals surface area contributed by atoms with Gasteiger partial charge in [-0.2, -0.15) is 0 Å². The first-order valence-corrected chi connectivity index (χ1v) is 5.55. The Hall–Kier alpha value is -1.82. The zero-order chi connectivity index (χ0) is 13.7. The Morgan fingerprint density at radius 2 is 2.22 bits per heavy atom. The number of hydrogen-bond donors (Lipinski definition) is 0. The number of halogens is 1. The number of rotatable bonds is 5. The number of non-ortho nitro benzene ring substituents is 1. The molecule has 0 bridgehead atoms. The minimum atomic E-state index is -0.510. The van der Waals surface area contributed by atoms with Gasteiger partial charge in [0.25, 0.3) is 5.69 Å². The van der Waals surface area contributed by atoms with Gasteiger partial charge in [0, 0.05) is 25.7 Å². The van der Waals surface area contributed by atoms with Crippen LogP contribution in [0.2, 0.25) is 5.02 Å². The highest BCUT2D eigenvalue weighted by atomic mass is 35.5. The molecule has 0 fully saturated rings. The number of carbonyl (C=O) groups excluding carboxylic acids is 1. The summed E-state index contributed by atoms with van der Waals surface area (Å²) in [6.07, 6.45) is 0.223. The third kappa shape index (κ3) is 3.59. The van der Waals surface area contributed by atoms with E-state index in [9.17, 15) is 14.9 Å². The van der Waals surface area contributed by atoms with E-state index in [1.807, 2.05) is 0 Å². The van der Waals surface area contributed by atoms with Crippen LogP contribution in [0.4, 0.5) is 11.4 Å². The van der Waals surface area contributed by atoms with Gasteiger partial charge in [-0.05, 0) is 6.07 Å². The smallest absolute Gasteiger partial charge is 0.307 e. The van der Waals surface area contributed by atoms with Crippen molar-refractivity contribution in [1.29, 1.82) is 0 Å². The fourth-order valence-corrected chi connectivity index (χ4v) is 1.72. The number of ether oxygens (including phenoxy) is 1. The van der Waals surface area contributed by atoms with Crippen molar-refractivity contribution in [2.75, 3.05) is 25.6 Å². The Labute approximate surface area is 109 Å². The average molecular weight is 273 g/mol. The number of benzene rings is 1. The fraction of sp³-hybridized carbons (Fsp3) is 0.364. The minimum absolute atomic E-state index is 0.0647. The normalized spacial score (nSPS) is 9.94. The second-order valence-electron chi connectivity index (χ2n) is 3.64. The summed E-state index contributed by atoms with van der Waals surface area (Å²) in [7, 11) is 3.07. The Morgan fingerprint density at radius 3 is 2.72 bits per heavy atom. The number of nitrogens with zero attached hydrogens (tertiary/aromatic N) is 2. The quantitative estimate of drug-likeness (QED) is 0.467. The lowest BCUT2D eigenvalue weighted by molar-refractivity contribution is -0.384. The molecule has 0 heterocycles. The predicted molar refractivity (Wildman–Crippen MR) is 68.0 cm³/mol. The third-order valence-electron chi connectivity index (χ3n) is 2.43. The van der Waals surface area contributed by atoms with Gasteiger partial charge < -0.3 is 9.64 Å². The summed E-state index contributed by atoms with van der Waals surface area (Å²) in [5, 5.41) is 10.8. The van der Waals surface area contributed by atoms with Crippen molar-refractivity contribution in [2.24, 2.45) is 0 Å². The molecule has 7 heteroatoms. The molecule has 0 aliphatic heterocycles. The number of methoxy groups -OCH3 is 1. The maximum atomic E-state index is 11.0. The molecule has 0 radical (unpaired) electrons. The minimum Gasteiger partial charge on any atom is -0.469 e. The number of esters is 1. The maximum absolute atomic E-state index is 11.0. The summed E-state index contributed by atoms with van der Waals surface area (Å²) in [4.78, 5) is 22.8. The second-order valence-corrected chi connectivity index (χ2v) is 4.05. The summed E-state index contributed by atoms with van der Waals surface area (Å²) in [5.74, 6) is -0.320. The van der Waals surface area contributed by atoms with E-state index in [1.54, 1.807) is 18.0 Å². The van der Waals surface area contributed by atoms with E-state index in [2.05, 4.69) is 4.74 Å². The van der Waals surface area contributed by atoms with Gasteiger partial charge in [-0.3, -0.25) is 14.9 Å². The monoisotopic (exact) mass is 272 g/mol. The first-order chi connectivity index (χ1) is 8.45. The van der Waals surface area contributed by atoms with E-state index in [0.717, 1.165) is 0 Å². The number of carbonyl (C=O) groups is 1. The molecule has 0 atom stereocenters. The zero-order valence-electron chi connectivity index (χ0n) is 10.1. The van der Waals surface area contributed by atoms with Crippen LogP contribution >= 0.6 is 11.6 Å². The molecule has 0 spiro atoms. The van der Waals surface area contributed by atoms with Crippen molar-refractivity contribution in [2.45, 2.75) is 6.42 Å². The molecular weight excluding hydrogens is 260 g/mol. The highest BCUT2D eigenvalue weighted by Crippen LogP contribution is 2.29. The molecule has 0 saturated heterocycles. The summed E-state index contributed by atoms with van der Waals surface area (Å²) >= 11 is 5.96. The van der Waals surface area contributed by atoms with E-state index in [1.165, 1.54) is 19.2 Å². The zero-order valence-corrected chi connectivity index (χ0v) is 10.8. The molecule has 98 valence electrons. The molecule has 18 heavy (non-hydrogen) atoms. The van der Waals surface area contributed by atoms with Gasteiger partial charge in [-0.1, -0.05) is 11.6 Å². The van der Waals surface area contributed by atoms with Gasteiger partial charge in [0.2, 0.25) is 0 Å². The lowest BCUT2D eigenvalue weighted by Crippen LogP contribution is -2.21. The SMILES string of the molecule is COC(=O)CCN(C)c1ccc([N+](=O)[O-])cc1Cl. The molecule has 6 nitrogen and oxygen atoms in total. The van der Waals surface area contributed by atoms with E-state index in [4.69, 9.17) is 11.6 Å². The topological polar surface area (TPSA) is 72.7 Å². The van der Waals surface area contributed by atoms with Crippen molar-refractivity contribution in [1.82, 2.24) is 0 Å². The third-order valence-corrected chi connectivity index (χ3v) is 2.74. The van der Waals surface area contributed by atoms with Crippen molar-refractivity contribution < 1.29 is 14.5 Å². The summed E-state index contributed by atoms with van der Waals surface area (Å²) in [6.45, 7) is 0.421.